The van der Waals surface area contributed by atoms with Crippen molar-refractivity contribution in [2.24, 2.45) is 0 Å². The van der Waals surface area contributed by atoms with Crippen LogP contribution in [-0.4, -0.2) is 5.11 Å². The van der Waals surface area contributed by atoms with Gasteiger partial charge >= 0.3 is 0 Å². The van der Waals surface area contributed by atoms with E-state index in [0.29, 0.717) is 5.75 Å². The van der Waals surface area contributed by atoms with Crippen molar-refractivity contribution in [1.29, 1.82) is 0 Å². The molecular formula is C14H12O. The van der Waals surface area contributed by atoms with Crippen molar-refractivity contribution >= 4 is 10.8 Å². The fourth-order valence-corrected chi connectivity index (χ4v) is 2.25. The van der Waals surface area contributed by atoms with Gasteiger partial charge in [-0.25, -0.2) is 0 Å². The van der Waals surface area contributed by atoms with E-state index in [-0.39, 0.29) is 0 Å². The molecule has 2 aromatic rings. The van der Waals surface area contributed by atoms with Crippen LogP contribution in [0.5, 0.6) is 5.75 Å². The molecular weight excluding hydrogens is 184 g/mol. The van der Waals surface area contributed by atoms with Crippen molar-refractivity contribution in [3.05, 3.63) is 53.6 Å². The number of fused-ring (bicyclic) bond motifs is 2. The zero-order chi connectivity index (χ0) is 10.3. The van der Waals surface area contributed by atoms with Crippen LogP contribution >= 0.6 is 0 Å². The van der Waals surface area contributed by atoms with Crippen molar-refractivity contribution < 1.29 is 5.11 Å². The van der Waals surface area contributed by atoms with Crippen molar-refractivity contribution in [3.8, 4) is 5.75 Å². The molecule has 1 N–H and O–H groups in total. The van der Waals surface area contributed by atoms with Crippen LogP contribution in [0.2, 0.25) is 0 Å². The Balaban J connectivity index is 2.38. The fraction of sp³-hybridized carbons (Fsp3) is 0.143. The first-order valence-electron chi connectivity index (χ1n) is 5.24. The SMILES string of the molecule is Oc1c2c(cc3ccccc13)CC=CC2. The molecule has 0 bridgehead atoms. The zero-order valence-electron chi connectivity index (χ0n) is 8.40. The van der Waals surface area contributed by atoms with Gasteiger partial charge in [0, 0.05) is 10.9 Å². The minimum absolute atomic E-state index is 0.465. The molecule has 0 saturated heterocycles. The summed E-state index contributed by atoms with van der Waals surface area (Å²) in [5.41, 5.74) is 2.35. The third kappa shape index (κ3) is 1.23. The van der Waals surface area contributed by atoms with Gasteiger partial charge in [-0.05, 0) is 23.8 Å². The van der Waals surface area contributed by atoms with Crippen molar-refractivity contribution in [2.75, 3.05) is 0 Å². The van der Waals surface area contributed by atoms with Gasteiger partial charge in [0.15, 0.2) is 0 Å². The highest BCUT2D eigenvalue weighted by Crippen LogP contribution is 2.34. The molecule has 1 nitrogen and oxygen atoms in total. The second-order valence-electron chi connectivity index (χ2n) is 3.96. The van der Waals surface area contributed by atoms with Crippen LogP contribution in [0, 0.1) is 0 Å². The van der Waals surface area contributed by atoms with Gasteiger partial charge in [0.1, 0.15) is 5.75 Å². The Labute approximate surface area is 88.7 Å². The van der Waals surface area contributed by atoms with Gasteiger partial charge in [-0.2, -0.15) is 0 Å². The van der Waals surface area contributed by atoms with Gasteiger partial charge in [0.2, 0.25) is 0 Å². The molecule has 0 aliphatic heterocycles. The Hall–Kier alpha value is -1.76. The van der Waals surface area contributed by atoms with Gasteiger partial charge in [0.25, 0.3) is 0 Å². The Morgan fingerprint density at radius 2 is 1.80 bits per heavy atom. The lowest BCUT2D eigenvalue weighted by Gasteiger charge is -2.14. The topological polar surface area (TPSA) is 20.2 Å². The number of phenols is 1. The Kier molecular flexibility index (Phi) is 1.78. The average molecular weight is 196 g/mol. The third-order valence-corrected chi connectivity index (χ3v) is 3.05. The minimum Gasteiger partial charge on any atom is -0.507 e. The standard InChI is InChI=1S/C14H12O/c15-14-12-7-3-1-5-10(12)9-11-6-2-4-8-13(11)14/h1-5,7,9,15H,6,8H2. The molecule has 0 amide bonds. The lowest BCUT2D eigenvalue weighted by molar-refractivity contribution is 0.475. The van der Waals surface area contributed by atoms with E-state index in [1.807, 2.05) is 24.3 Å². The van der Waals surface area contributed by atoms with Crippen LogP contribution in [0.15, 0.2) is 42.5 Å². The molecule has 1 aliphatic carbocycles. The van der Waals surface area contributed by atoms with Crippen LogP contribution in [-0.2, 0) is 12.8 Å². The molecule has 0 atom stereocenters. The lowest BCUT2D eigenvalue weighted by Crippen LogP contribution is -1.98. The molecule has 15 heavy (non-hydrogen) atoms. The van der Waals surface area contributed by atoms with E-state index in [9.17, 15) is 5.11 Å². The maximum Gasteiger partial charge on any atom is 0.127 e. The predicted octanol–water partition coefficient (Wildman–Crippen LogP) is 3.20. The second-order valence-corrected chi connectivity index (χ2v) is 3.96. The van der Waals surface area contributed by atoms with Crippen molar-refractivity contribution in [1.82, 2.24) is 0 Å². The normalized spacial score (nSPS) is 14.1. The van der Waals surface area contributed by atoms with Crippen LogP contribution in [0.3, 0.4) is 0 Å². The summed E-state index contributed by atoms with van der Waals surface area (Å²) in [6.45, 7) is 0. The fourth-order valence-electron chi connectivity index (χ4n) is 2.25. The molecule has 0 fully saturated rings. The van der Waals surface area contributed by atoms with E-state index in [0.717, 1.165) is 29.2 Å². The molecule has 0 spiro atoms. The van der Waals surface area contributed by atoms with Gasteiger partial charge in [0.05, 0.1) is 0 Å². The number of benzene rings is 2. The first-order valence-corrected chi connectivity index (χ1v) is 5.24. The molecule has 2 aromatic carbocycles. The summed E-state index contributed by atoms with van der Waals surface area (Å²) in [6.07, 6.45) is 6.08. The molecule has 3 rings (SSSR count). The van der Waals surface area contributed by atoms with Crippen LogP contribution in [0.1, 0.15) is 11.1 Å². The first kappa shape index (κ1) is 8.54. The maximum atomic E-state index is 10.2. The van der Waals surface area contributed by atoms with Crippen molar-refractivity contribution in [3.63, 3.8) is 0 Å². The second kappa shape index (κ2) is 3.13. The largest absolute Gasteiger partial charge is 0.507 e. The van der Waals surface area contributed by atoms with Crippen LogP contribution in [0.25, 0.3) is 10.8 Å². The Morgan fingerprint density at radius 3 is 2.73 bits per heavy atom. The van der Waals surface area contributed by atoms with E-state index in [1.165, 1.54) is 5.56 Å². The highest BCUT2D eigenvalue weighted by molar-refractivity contribution is 5.90. The number of phenolic OH excluding ortho intramolecular Hbond substituents is 1. The van der Waals surface area contributed by atoms with Gasteiger partial charge in [-0.3, -0.25) is 0 Å². The molecule has 0 aromatic heterocycles. The molecule has 1 aliphatic rings. The molecule has 1 heteroatoms. The summed E-state index contributed by atoms with van der Waals surface area (Å²) in [4.78, 5) is 0. The number of hydrogen-bond donors (Lipinski definition) is 1. The molecule has 74 valence electrons. The quantitative estimate of drug-likeness (QED) is 0.641. The zero-order valence-corrected chi connectivity index (χ0v) is 8.40. The molecule has 0 unspecified atom stereocenters. The van der Waals surface area contributed by atoms with Crippen LogP contribution in [0.4, 0.5) is 0 Å². The molecule has 0 saturated carbocycles. The minimum atomic E-state index is 0.465. The highest BCUT2D eigenvalue weighted by Gasteiger charge is 2.12. The van der Waals surface area contributed by atoms with E-state index in [4.69, 9.17) is 0 Å². The Bertz CT molecular complexity index is 553. The number of rotatable bonds is 0. The van der Waals surface area contributed by atoms with E-state index in [2.05, 4.69) is 18.2 Å². The maximum absolute atomic E-state index is 10.2. The number of aromatic hydroxyl groups is 1. The van der Waals surface area contributed by atoms with Gasteiger partial charge in [-0.1, -0.05) is 42.5 Å². The summed E-state index contributed by atoms with van der Waals surface area (Å²) in [6, 6.07) is 10.2. The summed E-state index contributed by atoms with van der Waals surface area (Å²) < 4.78 is 0. The highest BCUT2D eigenvalue weighted by atomic mass is 16.3. The summed E-state index contributed by atoms with van der Waals surface area (Å²) >= 11 is 0. The lowest BCUT2D eigenvalue weighted by atomic mass is 9.92. The Morgan fingerprint density at radius 1 is 1.00 bits per heavy atom. The summed E-state index contributed by atoms with van der Waals surface area (Å²) in [5, 5.41) is 12.3. The van der Waals surface area contributed by atoms with Gasteiger partial charge < -0.3 is 5.11 Å². The first-order chi connectivity index (χ1) is 7.36. The monoisotopic (exact) mass is 196 g/mol. The smallest absolute Gasteiger partial charge is 0.127 e. The molecule has 0 heterocycles. The van der Waals surface area contributed by atoms with E-state index in [1.54, 1.807) is 0 Å². The van der Waals surface area contributed by atoms with E-state index < -0.39 is 0 Å². The van der Waals surface area contributed by atoms with E-state index >= 15 is 0 Å². The predicted molar refractivity (Wildman–Crippen MR) is 62.2 cm³/mol. The number of allylic oxidation sites excluding steroid dienone is 2. The van der Waals surface area contributed by atoms with Gasteiger partial charge in [-0.15, -0.1) is 0 Å². The average Bonchev–Trinajstić information content (AvgIpc) is 2.30. The van der Waals surface area contributed by atoms with Crippen molar-refractivity contribution in [2.45, 2.75) is 12.8 Å². The number of hydrogen-bond acceptors (Lipinski definition) is 1. The summed E-state index contributed by atoms with van der Waals surface area (Å²) in [5.74, 6) is 0.465. The summed E-state index contributed by atoms with van der Waals surface area (Å²) in [7, 11) is 0. The molecule has 0 radical (unpaired) electrons. The third-order valence-electron chi connectivity index (χ3n) is 3.05. The van der Waals surface area contributed by atoms with Crippen LogP contribution < -0.4 is 0 Å².